The van der Waals surface area contributed by atoms with Gasteiger partial charge >= 0.3 is 12.1 Å². The van der Waals surface area contributed by atoms with Gasteiger partial charge < -0.3 is 40.7 Å². The van der Waals surface area contributed by atoms with E-state index in [1.54, 1.807) is 28.5 Å². The molecule has 0 spiro atoms. The van der Waals surface area contributed by atoms with Crippen LogP contribution < -0.4 is 21.3 Å². The lowest BCUT2D eigenvalue weighted by molar-refractivity contribution is -0.129. The number of aromatic nitrogens is 6. The van der Waals surface area contributed by atoms with Gasteiger partial charge in [0.1, 0.15) is 0 Å². The molecule has 6 fully saturated rings. The largest absolute Gasteiger partial charge is 0.450 e. The SMILES string of the molecule is CC(=O)N1CCc2c(c(C(=O)NC3C4(C)CCC(C4)C3(C)C)nn2-c2ccccc2)C1.CCNC(=O)N1CCc2c(c(C(=O)NC3C4(C)CCC(C4)C3(C)C)nn2-c2ccccc2)C1.CCOC(=O)N1CCc2c(c(C(=O)NC3C4(C)CCC(C4)C3(C)C)nn2-c2ccccc2)C1. The second kappa shape index (κ2) is 25.5. The van der Waals surface area contributed by atoms with E-state index in [1.807, 2.05) is 112 Å². The molecule has 3 aromatic carbocycles. The molecule has 3 aliphatic heterocycles. The molecule has 6 saturated carbocycles. The van der Waals surface area contributed by atoms with Crippen LogP contribution in [0.1, 0.15) is 206 Å². The molecule has 97 heavy (non-hydrogen) atoms. The predicted molar refractivity (Wildman–Crippen MR) is 371 cm³/mol. The first kappa shape index (κ1) is 67.3. The summed E-state index contributed by atoms with van der Waals surface area (Å²) in [6.07, 6.45) is 12.4. The molecule has 9 atom stereocenters. The van der Waals surface area contributed by atoms with Crippen molar-refractivity contribution in [1.29, 1.82) is 0 Å². The summed E-state index contributed by atoms with van der Waals surface area (Å²) in [6, 6.07) is 30.0. The molecule has 0 saturated heterocycles. The lowest BCUT2D eigenvalue weighted by Gasteiger charge is -2.43. The first-order valence-corrected chi connectivity index (χ1v) is 35.8. The molecule has 6 aromatic rings. The van der Waals surface area contributed by atoms with Crippen LogP contribution in [-0.4, -0.2) is 131 Å². The van der Waals surface area contributed by atoms with Gasteiger partial charge in [-0.1, -0.05) is 117 Å². The maximum Gasteiger partial charge on any atom is 0.410 e. The van der Waals surface area contributed by atoms with E-state index in [9.17, 15) is 28.8 Å². The number of carbonyl (C=O) groups excluding carboxylic acids is 6. The first-order valence-electron chi connectivity index (χ1n) is 35.8. The van der Waals surface area contributed by atoms with Crippen molar-refractivity contribution in [3.8, 4) is 17.1 Å². The van der Waals surface area contributed by atoms with E-state index in [0.717, 1.165) is 70.1 Å². The zero-order chi connectivity index (χ0) is 68.7. The van der Waals surface area contributed by atoms with Crippen LogP contribution in [-0.2, 0) is 48.4 Å². The summed E-state index contributed by atoms with van der Waals surface area (Å²) >= 11 is 0. The minimum absolute atomic E-state index is 0.0335. The molecule has 0 radical (unpaired) electrons. The summed E-state index contributed by atoms with van der Waals surface area (Å²) in [5.41, 5.74) is 10.4. The molecule has 20 nitrogen and oxygen atoms in total. The fraction of sp³-hybridized carbons (Fsp3) is 0.571. The highest BCUT2D eigenvalue weighted by Crippen LogP contribution is 2.64. The van der Waals surface area contributed by atoms with Crippen molar-refractivity contribution in [2.45, 2.75) is 198 Å². The van der Waals surface area contributed by atoms with E-state index in [-0.39, 0.29) is 86.4 Å². The van der Waals surface area contributed by atoms with Gasteiger partial charge in [-0.15, -0.1) is 0 Å². The molecule has 3 aromatic heterocycles. The van der Waals surface area contributed by atoms with E-state index in [2.05, 4.69) is 83.6 Å². The molecule has 6 heterocycles. The molecule has 6 bridgehead atoms. The van der Waals surface area contributed by atoms with E-state index >= 15 is 0 Å². The summed E-state index contributed by atoms with van der Waals surface area (Å²) in [6.45, 7) is 29.9. The van der Waals surface area contributed by atoms with Crippen LogP contribution in [0, 0.1) is 50.2 Å². The van der Waals surface area contributed by atoms with Gasteiger partial charge in [-0.05, 0) is 158 Å². The maximum absolute atomic E-state index is 13.7. The van der Waals surface area contributed by atoms with Crippen molar-refractivity contribution >= 4 is 35.8 Å². The standard InChI is InChI=1S/C26H35N5O2.C26H34N4O3.C25H32N4O2/c1-5-27-24(33)30-14-12-20-19(16-30)21(29-31(20)18-9-7-6-8-10-18)22(32)28-23-25(2,3)17-11-13-26(23,4)15-17;1-5-33-24(32)29-14-12-20-19(16-29)21(28-30(20)18-9-7-6-8-10-18)22(31)27-23-25(2,3)17-11-13-26(23,4)15-17;1-16(30)28-13-11-20-19(15-28)21(27-29(20)18-8-6-5-7-9-18)22(31)26-23-24(2,3)17-10-12-25(23,4)14-17/h6-10,17,23H,5,11-16H2,1-4H3,(H,27,33)(H,28,32);6-10,17,23H,5,11-16H2,1-4H3,(H,27,31);5-9,17,23H,10-15H2,1-4H3,(H,26,31). The van der Waals surface area contributed by atoms with Crippen LogP contribution in [0.4, 0.5) is 9.59 Å². The van der Waals surface area contributed by atoms with Gasteiger partial charge in [-0.2, -0.15) is 15.3 Å². The fourth-order valence-corrected chi connectivity index (χ4v) is 19.8. The number of carbonyl (C=O) groups is 6. The van der Waals surface area contributed by atoms with Crippen molar-refractivity contribution in [3.63, 3.8) is 0 Å². The minimum Gasteiger partial charge on any atom is -0.450 e. The Morgan fingerprint density at radius 2 is 0.784 bits per heavy atom. The van der Waals surface area contributed by atoms with Crippen LogP contribution in [0.15, 0.2) is 91.0 Å². The predicted octanol–water partition coefficient (Wildman–Crippen LogP) is 12.0. The summed E-state index contributed by atoms with van der Waals surface area (Å²) in [4.78, 5) is 83.3. The Balaban J connectivity index is 0.000000131. The third-order valence-corrected chi connectivity index (χ3v) is 25.0. The van der Waals surface area contributed by atoms with Gasteiger partial charge in [0.05, 0.1) is 53.8 Å². The zero-order valence-corrected chi connectivity index (χ0v) is 59.1. The summed E-state index contributed by atoms with van der Waals surface area (Å²) < 4.78 is 10.9. The Bertz CT molecular complexity index is 3820. The Labute approximate surface area is 571 Å². The van der Waals surface area contributed by atoms with Crippen molar-refractivity contribution < 1.29 is 33.5 Å². The fourth-order valence-electron chi connectivity index (χ4n) is 19.8. The highest BCUT2D eigenvalue weighted by molar-refractivity contribution is 5.96. The Morgan fingerprint density at radius 3 is 1.09 bits per heavy atom. The van der Waals surface area contributed by atoms with Gasteiger partial charge in [0.25, 0.3) is 17.7 Å². The third-order valence-electron chi connectivity index (χ3n) is 25.0. The minimum atomic E-state index is -0.344. The Morgan fingerprint density at radius 1 is 0.464 bits per heavy atom. The van der Waals surface area contributed by atoms with Gasteiger partial charge in [-0.3, -0.25) is 19.2 Å². The molecule has 9 unspecified atom stereocenters. The summed E-state index contributed by atoms with van der Waals surface area (Å²) in [5, 5.41) is 27.5. The summed E-state index contributed by atoms with van der Waals surface area (Å²) in [5.74, 6) is 1.62. The lowest BCUT2D eigenvalue weighted by Crippen LogP contribution is -2.52. The monoisotopic (exact) mass is 1320 g/mol. The average Bonchev–Trinajstić information content (AvgIpc) is 1.58. The number of amides is 7. The van der Waals surface area contributed by atoms with Crippen molar-refractivity contribution in [2.24, 2.45) is 50.2 Å². The molecular weight excluding hydrogens is 1220 g/mol. The topological polar surface area (TPSA) is 223 Å². The maximum atomic E-state index is 13.7. The third kappa shape index (κ3) is 12.0. The van der Waals surface area contributed by atoms with E-state index < -0.39 is 0 Å². The number of urea groups is 1. The van der Waals surface area contributed by atoms with Crippen molar-refractivity contribution in [3.05, 3.63) is 142 Å². The van der Waals surface area contributed by atoms with Crippen molar-refractivity contribution in [1.82, 2.24) is 65.3 Å². The summed E-state index contributed by atoms with van der Waals surface area (Å²) in [7, 11) is 0. The number of para-hydroxylation sites is 3. The molecule has 6 aliphatic carbocycles. The highest BCUT2D eigenvalue weighted by atomic mass is 16.6. The lowest BCUT2D eigenvalue weighted by atomic mass is 9.68. The number of rotatable bonds is 11. The number of fused-ring (bicyclic) bond motifs is 9. The second-order valence-electron chi connectivity index (χ2n) is 32.1. The number of benzene rings is 3. The number of ether oxygens (including phenoxy) is 1. The van der Waals surface area contributed by atoms with Crippen molar-refractivity contribution in [2.75, 3.05) is 32.8 Å². The Kier molecular flexibility index (Phi) is 17.7. The van der Waals surface area contributed by atoms with Gasteiger partial charge in [-0.25, -0.2) is 23.6 Å². The normalized spacial score (nSPS) is 27.7. The molecule has 20 heteroatoms. The van der Waals surface area contributed by atoms with Crippen LogP contribution >= 0.6 is 0 Å². The Hall–Kier alpha value is -8.29. The van der Waals surface area contributed by atoms with Crippen LogP contribution in [0.2, 0.25) is 0 Å². The molecule has 516 valence electrons. The molecular formula is C77H101N13O7. The zero-order valence-electron chi connectivity index (χ0n) is 59.1. The first-order chi connectivity index (χ1) is 46.2. The van der Waals surface area contributed by atoms with E-state index in [1.165, 1.54) is 38.5 Å². The molecule has 15 rings (SSSR count). The van der Waals surface area contributed by atoms with Crippen LogP contribution in [0.5, 0.6) is 0 Å². The van der Waals surface area contributed by atoms with Crippen LogP contribution in [0.3, 0.4) is 0 Å². The number of nitrogens with zero attached hydrogens (tertiary/aromatic N) is 9. The second-order valence-corrected chi connectivity index (χ2v) is 32.1. The number of nitrogens with one attached hydrogen (secondary N) is 4. The van der Waals surface area contributed by atoms with Crippen LogP contribution in [0.25, 0.3) is 17.1 Å². The smallest absolute Gasteiger partial charge is 0.410 e. The average molecular weight is 1320 g/mol. The quantitative estimate of drug-likeness (QED) is 0.0960. The van der Waals surface area contributed by atoms with Gasteiger partial charge in [0.2, 0.25) is 5.91 Å². The molecule has 4 N–H and O–H groups in total. The van der Waals surface area contributed by atoms with Gasteiger partial charge in [0.15, 0.2) is 17.1 Å². The van der Waals surface area contributed by atoms with E-state index in [0.29, 0.717) is 107 Å². The molecule has 7 amide bonds. The van der Waals surface area contributed by atoms with E-state index in [4.69, 9.17) is 20.0 Å². The van der Waals surface area contributed by atoms with Gasteiger partial charge in [0, 0.05) is 93.7 Å². The number of hydrogen-bond donors (Lipinski definition) is 4. The molecule has 9 aliphatic rings. The number of hydrogen-bond acceptors (Lipinski definition) is 10. The highest BCUT2D eigenvalue weighted by Gasteiger charge is 2.62.